The van der Waals surface area contributed by atoms with Crippen LogP contribution in [0.4, 0.5) is 0 Å². The molecule has 44 valence electrons. The largest absolute Gasteiger partial charge is 1.00 e. The van der Waals surface area contributed by atoms with E-state index in [9.17, 15) is 8.42 Å². The van der Waals surface area contributed by atoms with Gasteiger partial charge in [0.05, 0.1) is 0 Å². The summed E-state index contributed by atoms with van der Waals surface area (Å²) in [4.78, 5) is 0. The predicted octanol–water partition coefficient (Wildman–Crippen LogP) is -2.83. The Bertz CT molecular complexity index is 106. The number of nitrogens with zero attached hydrogens (tertiary/aromatic N) is 1. The van der Waals surface area contributed by atoms with E-state index in [1.807, 2.05) is 0 Å². The fourth-order valence-corrected chi connectivity index (χ4v) is 0.316. The van der Waals surface area contributed by atoms with Crippen molar-refractivity contribution in [1.82, 2.24) is 4.31 Å². The molecule has 0 radical (unpaired) electrons. The minimum Gasteiger partial charge on any atom is -0.409 e. The number of hydrogen-bond acceptors (Lipinski definition) is 3. The normalized spacial score (nSPS) is 9.50. The SMILES string of the molecule is CCN(C)[S-](=O)=O.[Rb+]. The van der Waals surface area contributed by atoms with Gasteiger partial charge in [0.2, 0.25) is 0 Å². The van der Waals surface area contributed by atoms with E-state index in [1.54, 1.807) is 6.92 Å². The summed E-state index contributed by atoms with van der Waals surface area (Å²) in [5.41, 5.74) is 0. The zero-order valence-electron chi connectivity index (χ0n) is 5.38. The molecule has 0 aliphatic rings. The van der Waals surface area contributed by atoms with Crippen molar-refractivity contribution in [2.45, 2.75) is 6.92 Å². The molecule has 0 bridgehead atoms. The fourth-order valence-electron chi connectivity index (χ4n) is 0.105. The van der Waals surface area contributed by atoms with Crippen molar-refractivity contribution in [1.29, 1.82) is 0 Å². The van der Waals surface area contributed by atoms with Crippen LogP contribution in [0, 0.1) is 0 Å². The maximum atomic E-state index is 9.86. The third-order valence-corrected chi connectivity index (χ3v) is 1.47. The molecule has 0 unspecified atom stereocenters. The Morgan fingerprint density at radius 1 is 1.50 bits per heavy atom. The van der Waals surface area contributed by atoms with Crippen LogP contribution in [0.15, 0.2) is 0 Å². The van der Waals surface area contributed by atoms with Crippen LogP contribution in [0.1, 0.15) is 6.92 Å². The number of hydrogen-bond donors (Lipinski definition) is 0. The Morgan fingerprint density at radius 2 is 1.88 bits per heavy atom. The topological polar surface area (TPSA) is 37.4 Å². The Hall–Kier alpha value is 1.72. The van der Waals surface area contributed by atoms with Crippen molar-refractivity contribution < 1.29 is 66.6 Å². The van der Waals surface area contributed by atoms with Gasteiger partial charge >= 0.3 is 58.2 Å². The van der Waals surface area contributed by atoms with E-state index >= 15 is 0 Å². The molecular weight excluding hydrogens is 200 g/mol. The van der Waals surface area contributed by atoms with Crippen molar-refractivity contribution in [3.05, 3.63) is 0 Å². The summed E-state index contributed by atoms with van der Waals surface area (Å²) in [5.74, 6) is 0. The minimum absolute atomic E-state index is 0. The van der Waals surface area contributed by atoms with Crippen LogP contribution in [-0.2, 0) is 19.3 Å². The van der Waals surface area contributed by atoms with Crippen molar-refractivity contribution >= 4 is 10.9 Å². The molecule has 0 aromatic carbocycles. The summed E-state index contributed by atoms with van der Waals surface area (Å²) in [6.45, 7) is 2.31. The summed E-state index contributed by atoms with van der Waals surface area (Å²) in [5, 5.41) is 0. The fraction of sp³-hybridized carbons (Fsp3) is 1.00. The summed E-state index contributed by atoms with van der Waals surface area (Å²) in [7, 11) is -0.510. The third kappa shape index (κ3) is 5.84. The second kappa shape index (κ2) is 6.83. The second-order valence-electron chi connectivity index (χ2n) is 1.16. The van der Waals surface area contributed by atoms with E-state index in [0.717, 1.165) is 0 Å². The summed E-state index contributed by atoms with van der Waals surface area (Å²) >= 11 is 0. The number of rotatable bonds is 2. The third-order valence-electron chi connectivity index (χ3n) is 0.700. The van der Waals surface area contributed by atoms with Crippen molar-refractivity contribution in [2.24, 2.45) is 0 Å². The molecule has 0 saturated carbocycles. The van der Waals surface area contributed by atoms with Gasteiger partial charge in [0, 0.05) is 0 Å². The van der Waals surface area contributed by atoms with Crippen LogP contribution in [0.2, 0.25) is 0 Å². The molecule has 0 aliphatic carbocycles. The average Bonchev–Trinajstić information content (AvgIpc) is 1.65. The van der Waals surface area contributed by atoms with Crippen LogP contribution in [0.3, 0.4) is 0 Å². The first-order chi connectivity index (χ1) is 3.18. The van der Waals surface area contributed by atoms with Crippen molar-refractivity contribution in [2.75, 3.05) is 13.6 Å². The van der Waals surface area contributed by atoms with E-state index in [2.05, 4.69) is 0 Å². The first-order valence-corrected chi connectivity index (χ1v) is 3.02. The molecule has 8 heavy (non-hydrogen) atoms. The molecular formula is C3H8NO2RbS. The standard InChI is InChI=1S/C3H8NO2S.Rb/c1-3-4(2)7(5)6;/h3H2,1-2H3;/q-1;+1. The summed E-state index contributed by atoms with van der Waals surface area (Å²) in [6.07, 6.45) is 0. The van der Waals surface area contributed by atoms with Gasteiger partial charge in [-0.2, -0.15) is 0 Å². The summed E-state index contributed by atoms with van der Waals surface area (Å²) in [6, 6.07) is 0. The summed E-state index contributed by atoms with van der Waals surface area (Å²) < 4.78 is 20.9. The van der Waals surface area contributed by atoms with Gasteiger partial charge in [-0.3, -0.25) is 0 Å². The van der Waals surface area contributed by atoms with E-state index in [4.69, 9.17) is 0 Å². The Kier molecular flexibility index (Phi) is 10.6. The Labute approximate surface area is 100 Å². The van der Waals surface area contributed by atoms with Gasteiger partial charge in [-0.05, 0) is 24.5 Å². The van der Waals surface area contributed by atoms with Crippen LogP contribution in [0.5, 0.6) is 0 Å². The molecule has 0 aromatic rings. The molecule has 0 aliphatic heterocycles. The van der Waals surface area contributed by atoms with E-state index in [-0.39, 0.29) is 58.2 Å². The smallest absolute Gasteiger partial charge is 0.409 e. The molecule has 0 spiro atoms. The van der Waals surface area contributed by atoms with Crippen LogP contribution in [-0.4, -0.2) is 17.9 Å². The Balaban J connectivity index is 0. The van der Waals surface area contributed by atoms with E-state index in [0.29, 0.717) is 6.54 Å². The average molecular weight is 208 g/mol. The molecule has 0 fully saturated rings. The van der Waals surface area contributed by atoms with Gasteiger partial charge in [-0.25, -0.2) is 0 Å². The minimum atomic E-state index is -2.03. The van der Waals surface area contributed by atoms with Crippen LogP contribution < -0.4 is 58.2 Å². The zero-order valence-corrected chi connectivity index (χ0v) is 11.1. The molecule has 0 saturated heterocycles. The maximum absolute atomic E-state index is 9.86. The van der Waals surface area contributed by atoms with Crippen molar-refractivity contribution in [3.8, 4) is 0 Å². The zero-order chi connectivity index (χ0) is 5.86. The first-order valence-electron chi connectivity index (χ1n) is 1.99. The van der Waals surface area contributed by atoms with Crippen molar-refractivity contribution in [3.63, 3.8) is 0 Å². The van der Waals surface area contributed by atoms with Gasteiger partial charge in [0.1, 0.15) is 0 Å². The van der Waals surface area contributed by atoms with E-state index in [1.165, 1.54) is 11.4 Å². The quantitative estimate of drug-likeness (QED) is 0.458. The molecule has 0 heterocycles. The molecule has 5 heteroatoms. The Morgan fingerprint density at radius 3 is 1.88 bits per heavy atom. The first kappa shape index (κ1) is 12.4. The van der Waals surface area contributed by atoms with Crippen LogP contribution in [0.25, 0.3) is 0 Å². The van der Waals surface area contributed by atoms with Gasteiger partial charge in [-0.1, -0.05) is 6.92 Å². The molecule has 0 aromatic heterocycles. The van der Waals surface area contributed by atoms with Gasteiger partial charge in [0.15, 0.2) is 0 Å². The maximum Gasteiger partial charge on any atom is 1.00 e. The van der Waals surface area contributed by atoms with Crippen LogP contribution >= 0.6 is 0 Å². The molecule has 0 N–H and O–H groups in total. The second-order valence-corrected chi connectivity index (χ2v) is 2.22. The molecule has 0 atom stereocenters. The van der Waals surface area contributed by atoms with E-state index < -0.39 is 10.9 Å². The monoisotopic (exact) mass is 207 g/mol. The predicted molar refractivity (Wildman–Crippen MR) is 27.0 cm³/mol. The van der Waals surface area contributed by atoms with Gasteiger partial charge in [0.25, 0.3) is 0 Å². The van der Waals surface area contributed by atoms with Gasteiger partial charge < -0.3 is 12.7 Å². The molecule has 0 rings (SSSR count). The molecule has 0 amide bonds. The molecule has 3 nitrogen and oxygen atoms in total. The van der Waals surface area contributed by atoms with Gasteiger partial charge in [-0.15, -0.1) is 0 Å².